The molecule has 1 amide bonds. The number of rotatable bonds is 3. The minimum atomic E-state index is -4.50. The molecule has 0 aliphatic rings. The zero-order valence-corrected chi connectivity index (χ0v) is 11.8. The minimum Gasteiger partial charge on any atom is -0.282 e. The van der Waals surface area contributed by atoms with E-state index >= 15 is 0 Å². The molecule has 0 fully saturated rings. The first-order valence-corrected chi connectivity index (χ1v) is 7.17. The first-order valence-electron chi connectivity index (χ1n) is 5.32. The van der Waals surface area contributed by atoms with Crippen LogP contribution in [0.3, 0.4) is 0 Å². The molecular formula is C10H10N4O4S2. The molecule has 0 radical (unpaired) electrons. The van der Waals surface area contributed by atoms with Crippen molar-refractivity contribution in [1.29, 1.82) is 0 Å². The van der Waals surface area contributed by atoms with Crippen LogP contribution in [0.4, 0.5) is 0 Å². The molecule has 8 nitrogen and oxygen atoms in total. The van der Waals surface area contributed by atoms with Gasteiger partial charge < -0.3 is 0 Å². The molecule has 1 heterocycles. The number of carbonyl (C=O) groups is 1. The highest BCUT2D eigenvalue weighted by Gasteiger charge is 2.20. The summed E-state index contributed by atoms with van der Waals surface area (Å²) in [6, 6.07) is 5.28. The number of nitrogens with zero attached hydrogens (tertiary/aromatic N) is 2. The molecular weight excluding hydrogens is 304 g/mol. The molecule has 1 aromatic heterocycles. The molecule has 2 rings (SSSR count). The number of hydrogen-bond acceptors (Lipinski definition) is 5. The van der Waals surface area contributed by atoms with Crippen molar-refractivity contribution in [2.24, 2.45) is 0 Å². The predicted molar refractivity (Wildman–Crippen MR) is 72.1 cm³/mol. The Hall–Kier alpha value is -2.04. The number of carbonyl (C=O) groups excluding carboxylic acids is 1. The van der Waals surface area contributed by atoms with Crippen LogP contribution in [0.15, 0.2) is 29.2 Å². The average molecular weight is 314 g/mol. The van der Waals surface area contributed by atoms with Crippen molar-refractivity contribution >= 4 is 28.2 Å². The van der Waals surface area contributed by atoms with E-state index in [1.165, 1.54) is 22.9 Å². The van der Waals surface area contributed by atoms with E-state index in [0.717, 1.165) is 6.07 Å². The maximum atomic E-state index is 12.1. The Balaban J connectivity index is 2.44. The Bertz CT molecular complexity index is 822. The van der Waals surface area contributed by atoms with Gasteiger partial charge in [-0.2, -0.15) is 13.5 Å². The average Bonchev–Trinajstić information content (AvgIpc) is 2.69. The lowest BCUT2D eigenvalue weighted by Crippen LogP contribution is -2.25. The van der Waals surface area contributed by atoms with Gasteiger partial charge in [-0.05, 0) is 31.3 Å². The van der Waals surface area contributed by atoms with Crippen LogP contribution in [0.2, 0.25) is 0 Å². The molecule has 2 aromatic rings. The van der Waals surface area contributed by atoms with E-state index in [4.69, 9.17) is 16.8 Å². The fourth-order valence-electron chi connectivity index (χ4n) is 1.55. The number of hydrogen-bond donors (Lipinski definition) is 3. The van der Waals surface area contributed by atoms with Gasteiger partial charge in [0.05, 0.1) is 5.56 Å². The van der Waals surface area contributed by atoms with Crippen molar-refractivity contribution in [2.75, 3.05) is 5.43 Å². The summed E-state index contributed by atoms with van der Waals surface area (Å²) >= 11 is 4.91. The summed E-state index contributed by atoms with van der Waals surface area (Å²) in [6.07, 6.45) is 0. The van der Waals surface area contributed by atoms with Crippen molar-refractivity contribution in [3.05, 3.63) is 40.4 Å². The van der Waals surface area contributed by atoms with Gasteiger partial charge in [0.15, 0.2) is 0 Å². The van der Waals surface area contributed by atoms with Crippen LogP contribution in [0, 0.1) is 11.7 Å². The summed E-state index contributed by atoms with van der Waals surface area (Å²) in [5.41, 5.74) is 2.19. The lowest BCUT2D eigenvalue weighted by atomic mass is 10.2. The number of amides is 1. The Morgan fingerprint density at radius 1 is 1.45 bits per heavy atom. The van der Waals surface area contributed by atoms with Gasteiger partial charge in [0.2, 0.25) is 4.77 Å². The lowest BCUT2D eigenvalue weighted by molar-refractivity contribution is 0.100. The first kappa shape index (κ1) is 14.4. The minimum absolute atomic E-state index is 0.153. The van der Waals surface area contributed by atoms with Gasteiger partial charge in [-0.1, -0.05) is 12.1 Å². The van der Waals surface area contributed by atoms with Crippen LogP contribution in [-0.2, 0) is 10.1 Å². The summed E-state index contributed by atoms with van der Waals surface area (Å²) in [6.45, 7) is 1.60. The molecule has 0 bridgehead atoms. The van der Waals surface area contributed by atoms with Crippen molar-refractivity contribution in [3.63, 3.8) is 0 Å². The number of aromatic nitrogens is 3. The number of aryl methyl sites for hydroxylation is 1. The topological polar surface area (TPSA) is 117 Å². The first-order chi connectivity index (χ1) is 9.30. The van der Waals surface area contributed by atoms with E-state index in [2.05, 4.69) is 15.6 Å². The van der Waals surface area contributed by atoms with Crippen LogP contribution >= 0.6 is 12.2 Å². The summed E-state index contributed by atoms with van der Waals surface area (Å²) in [7, 11) is -4.50. The molecule has 0 saturated heterocycles. The van der Waals surface area contributed by atoms with Gasteiger partial charge in [0, 0.05) is 0 Å². The molecule has 3 N–H and O–H groups in total. The van der Waals surface area contributed by atoms with Crippen LogP contribution < -0.4 is 5.43 Å². The number of nitrogens with one attached hydrogen (secondary N) is 2. The smallest absolute Gasteiger partial charge is 0.282 e. The molecule has 0 atom stereocenters. The Labute approximate surface area is 119 Å². The van der Waals surface area contributed by atoms with Crippen molar-refractivity contribution in [1.82, 2.24) is 14.9 Å². The maximum absolute atomic E-state index is 12.1. The van der Waals surface area contributed by atoms with E-state index in [9.17, 15) is 13.2 Å². The molecule has 0 saturated carbocycles. The number of benzene rings is 1. The fourth-order valence-corrected chi connectivity index (χ4v) is 2.46. The van der Waals surface area contributed by atoms with E-state index in [1.807, 2.05) is 0 Å². The highest BCUT2D eigenvalue weighted by Crippen LogP contribution is 2.15. The zero-order valence-electron chi connectivity index (χ0n) is 10.2. The molecule has 1 aromatic carbocycles. The van der Waals surface area contributed by atoms with Crippen molar-refractivity contribution in [2.45, 2.75) is 11.8 Å². The zero-order chi connectivity index (χ0) is 14.9. The molecule has 0 unspecified atom stereocenters. The van der Waals surface area contributed by atoms with Crippen LogP contribution in [0.5, 0.6) is 0 Å². The normalized spacial score (nSPS) is 11.3. The lowest BCUT2D eigenvalue weighted by Gasteiger charge is -2.09. The molecule has 106 valence electrons. The second-order valence-electron chi connectivity index (χ2n) is 3.82. The quantitative estimate of drug-likeness (QED) is 0.572. The number of H-pyrrole nitrogens is 1. The monoisotopic (exact) mass is 314 g/mol. The Morgan fingerprint density at radius 3 is 2.65 bits per heavy atom. The van der Waals surface area contributed by atoms with E-state index in [1.54, 1.807) is 6.92 Å². The third-order valence-corrected chi connectivity index (χ3v) is 3.65. The predicted octanol–water partition coefficient (Wildman–Crippen LogP) is 0.880. The highest BCUT2D eigenvalue weighted by molar-refractivity contribution is 7.86. The standard InChI is InChI=1S/C10H10N4O4S2/c1-6-11-12-10(19)14(6)13-9(15)7-4-2-3-5-8(7)20(16,17)18/h2-5H,1H3,(H,12,19)(H,13,15)(H,16,17,18). The molecule has 20 heavy (non-hydrogen) atoms. The highest BCUT2D eigenvalue weighted by atomic mass is 32.2. The largest absolute Gasteiger partial charge is 0.295 e. The summed E-state index contributed by atoms with van der Waals surface area (Å²) < 4.78 is 32.9. The summed E-state index contributed by atoms with van der Waals surface area (Å²) in [5.74, 6) is -0.341. The van der Waals surface area contributed by atoms with Crippen LogP contribution in [0.1, 0.15) is 16.2 Å². The molecule has 0 aliphatic heterocycles. The van der Waals surface area contributed by atoms with Gasteiger partial charge in [-0.3, -0.25) is 19.9 Å². The van der Waals surface area contributed by atoms with Gasteiger partial charge in [-0.15, -0.1) is 0 Å². The third kappa shape index (κ3) is 2.76. The summed E-state index contributed by atoms with van der Waals surface area (Å²) in [5, 5.41) is 6.27. The maximum Gasteiger partial charge on any atom is 0.295 e. The van der Waals surface area contributed by atoms with Crippen molar-refractivity contribution in [3.8, 4) is 0 Å². The second kappa shape index (κ2) is 5.15. The van der Waals surface area contributed by atoms with E-state index < -0.39 is 20.9 Å². The molecule has 0 spiro atoms. The van der Waals surface area contributed by atoms with Gasteiger partial charge >= 0.3 is 0 Å². The third-order valence-electron chi connectivity index (χ3n) is 2.46. The second-order valence-corrected chi connectivity index (χ2v) is 5.60. The Kier molecular flexibility index (Phi) is 3.70. The van der Waals surface area contributed by atoms with Gasteiger partial charge in [-0.25, -0.2) is 4.68 Å². The molecule has 10 heteroatoms. The van der Waals surface area contributed by atoms with Gasteiger partial charge in [0.1, 0.15) is 10.7 Å². The van der Waals surface area contributed by atoms with Gasteiger partial charge in [0.25, 0.3) is 16.0 Å². The van der Waals surface area contributed by atoms with Crippen LogP contribution in [0.25, 0.3) is 0 Å². The number of aromatic amines is 1. The molecule has 0 aliphatic carbocycles. The SMILES string of the molecule is Cc1n[nH]c(=S)n1NC(=O)c1ccccc1S(=O)(=O)O. The van der Waals surface area contributed by atoms with E-state index in [-0.39, 0.29) is 10.3 Å². The summed E-state index contributed by atoms with van der Waals surface area (Å²) in [4.78, 5) is 11.6. The van der Waals surface area contributed by atoms with Crippen molar-refractivity contribution < 1.29 is 17.8 Å². The van der Waals surface area contributed by atoms with E-state index in [0.29, 0.717) is 5.82 Å². The fraction of sp³-hybridized carbons (Fsp3) is 0.100. The Morgan fingerprint density at radius 2 is 2.10 bits per heavy atom. The van der Waals surface area contributed by atoms with Crippen LogP contribution in [-0.4, -0.2) is 33.8 Å².